The second-order valence-corrected chi connectivity index (χ2v) is 4.27. The van der Waals surface area contributed by atoms with Crippen LogP contribution in [0.4, 0.5) is 0 Å². The number of benzene rings is 1. The summed E-state index contributed by atoms with van der Waals surface area (Å²) in [5.74, 6) is 0. The van der Waals surface area contributed by atoms with Crippen molar-refractivity contribution >= 4 is 0 Å². The third-order valence-corrected chi connectivity index (χ3v) is 3.30. The Morgan fingerprint density at radius 2 is 2.12 bits per heavy atom. The lowest BCUT2D eigenvalue weighted by molar-refractivity contribution is 0.129. The molecule has 0 aliphatic carbocycles. The Morgan fingerprint density at radius 1 is 1.44 bits per heavy atom. The molecule has 0 bridgehead atoms. The molecule has 3 heteroatoms. The summed E-state index contributed by atoms with van der Waals surface area (Å²) in [6.07, 6.45) is 0.553. The Balaban J connectivity index is 2.13. The summed E-state index contributed by atoms with van der Waals surface area (Å²) >= 11 is 0. The quantitative estimate of drug-likeness (QED) is 0.828. The Bertz CT molecular complexity index is 365. The Kier molecular flexibility index (Phi) is 3.55. The molecule has 0 aromatic heterocycles. The van der Waals surface area contributed by atoms with E-state index >= 15 is 0 Å². The fourth-order valence-corrected chi connectivity index (χ4v) is 2.07. The van der Waals surface area contributed by atoms with Gasteiger partial charge in [-0.15, -0.1) is 0 Å². The van der Waals surface area contributed by atoms with E-state index in [2.05, 4.69) is 35.5 Å². The van der Waals surface area contributed by atoms with Crippen molar-refractivity contribution < 1.29 is 0 Å². The van der Waals surface area contributed by atoms with Gasteiger partial charge in [0.15, 0.2) is 0 Å². The van der Waals surface area contributed by atoms with Crippen LogP contribution in [0.25, 0.3) is 0 Å². The predicted octanol–water partition coefficient (Wildman–Crippen LogP) is 1.54. The van der Waals surface area contributed by atoms with Crippen molar-refractivity contribution in [2.45, 2.75) is 18.5 Å². The maximum atomic E-state index is 8.93. The van der Waals surface area contributed by atoms with Gasteiger partial charge in [0.25, 0.3) is 0 Å². The average molecular weight is 215 g/mol. The largest absolute Gasteiger partial charge is 0.314 e. The zero-order chi connectivity index (χ0) is 11.4. The average Bonchev–Trinajstić information content (AvgIpc) is 2.24. The van der Waals surface area contributed by atoms with E-state index < -0.39 is 0 Å². The molecule has 84 valence electrons. The standard InChI is InChI=1S/C13H17N3/c1-16(12-9-15-10-12)13(7-8-14)11-5-3-2-4-6-11/h2-6,12-13,15H,7,9-10H2,1H3. The molecule has 1 atom stereocenters. The van der Waals surface area contributed by atoms with E-state index in [1.54, 1.807) is 0 Å². The van der Waals surface area contributed by atoms with E-state index in [4.69, 9.17) is 5.26 Å². The van der Waals surface area contributed by atoms with E-state index in [0.29, 0.717) is 12.5 Å². The molecule has 2 rings (SSSR count). The summed E-state index contributed by atoms with van der Waals surface area (Å²) in [4.78, 5) is 2.31. The number of nitrogens with zero attached hydrogens (tertiary/aromatic N) is 2. The number of hydrogen-bond donors (Lipinski definition) is 1. The van der Waals surface area contributed by atoms with Crippen LogP contribution in [-0.2, 0) is 0 Å². The van der Waals surface area contributed by atoms with Gasteiger partial charge in [0.2, 0.25) is 0 Å². The van der Waals surface area contributed by atoms with E-state index in [1.165, 1.54) is 5.56 Å². The minimum Gasteiger partial charge on any atom is -0.314 e. The van der Waals surface area contributed by atoms with Crippen molar-refractivity contribution in [1.82, 2.24) is 10.2 Å². The molecule has 1 N–H and O–H groups in total. The SMILES string of the molecule is CN(C1CNC1)C(CC#N)c1ccccc1. The molecule has 1 unspecified atom stereocenters. The van der Waals surface area contributed by atoms with Gasteiger partial charge in [-0.05, 0) is 12.6 Å². The topological polar surface area (TPSA) is 39.1 Å². The second-order valence-electron chi connectivity index (χ2n) is 4.27. The van der Waals surface area contributed by atoms with Crippen molar-refractivity contribution in [3.05, 3.63) is 35.9 Å². The Labute approximate surface area is 96.7 Å². The molecule has 0 saturated carbocycles. The molecule has 16 heavy (non-hydrogen) atoms. The maximum Gasteiger partial charge on any atom is 0.0641 e. The highest BCUT2D eigenvalue weighted by Gasteiger charge is 2.27. The smallest absolute Gasteiger partial charge is 0.0641 e. The zero-order valence-electron chi connectivity index (χ0n) is 9.56. The molecule has 0 amide bonds. The first-order valence-corrected chi connectivity index (χ1v) is 5.67. The van der Waals surface area contributed by atoms with Crippen molar-refractivity contribution in [2.24, 2.45) is 0 Å². The van der Waals surface area contributed by atoms with Gasteiger partial charge in [-0.25, -0.2) is 0 Å². The van der Waals surface area contributed by atoms with Crippen LogP contribution < -0.4 is 5.32 Å². The lowest BCUT2D eigenvalue weighted by Crippen LogP contribution is -2.56. The highest BCUT2D eigenvalue weighted by Crippen LogP contribution is 2.25. The van der Waals surface area contributed by atoms with Crippen molar-refractivity contribution in [1.29, 1.82) is 5.26 Å². The predicted molar refractivity (Wildman–Crippen MR) is 63.8 cm³/mol. The van der Waals surface area contributed by atoms with Crippen molar-refractivity contribution in [3.63, 3.8) is 0 Å². The first-order valence-electron chi connectivity index (χ1n) is 5.67. The van der Waals surface area contributed by atoms with Crippen LogP contribution in [-0.4, -0.2) is 31.1 Å². The van der Waals surface area contributed by atoms with Crippen LogP contribution in [0.15, 0.2) is 30.3 Å². The van der Waals surface area contributed by atoms with E-state index in [0.717, 1.165) is 13.1 Å². The first-order chi connectivity index (χ1) is 7.83. The minimum absolute atomic E-state index is 0.221. The summed E-state index contributed by atoms with van der Waals surface area (Å²) in [6, 6.07) is 13.4. The monoisotopic (exact) mass is 215 g/mol. The highest BCUT2D eigenvalue weighted by atomic mass is 15.2. The highest BCUT2D eigenvalue weighted by molar-refractivity contribution is 5.20. The number of likely N-dealkylation sites (N-methyl/N-ethyl adjacent to an activating group) is 1. The van der Waals surface area contributed by atoms with Gasteiger partial charge in [-0.1, -0.05) is 30.3 Å². The maximum absolute atomic E-state index is 8.93. The van der Waals surface area contributed by atoms with E-state index in [-0.39, 0.29) is 6.04 Å². The normalized spacial score (nSPS) is 17.8. The van der Waals surface area contributed by atoms with Gasteiger partial charge in [0.1, 0.15) is 0 Å². The van der Waals surface area contributed by atoms with E-state index in [9.17, 15) is 0 Å². The molecule has 1 fully saturated rings. The van der Waals surface area contributed by atoms with Crippen LogP contribution >= 0.6 is 0 Å². The van der Waals surface area contributed by atoms with Gasteiger partial charge < -0.3 is 5.32 Å². The molecule has 1 aliphatic rings. The summed E-state index contributed by atoms with van der Waals surface area (Å²) in [5, 5.41) is 12.2. The Morgan fingerprint density at radius 3 is 2.62 bits per heavy atom. The lowest BCUT2D eigenvalue weighted by Gasteiger charge is -2.40. The molecule has 0 spiro atoms. The molecule has 1 aromatic carbocycles. The number of nitriles is 1. The van der Waals surface area contributed by atoms with Gasteiger partial charge in [0.05, 0.1) is 12.5 Å². The third-order valence-electron chi connectivity index (χ3n) is 3.30. The summed E-state index contributed by atoms with van der Waals surface area (Å²) < 4.78 is 0. The van der Waals surface area contributed by atoms with Crippen LogP contribution in [0.5, 0.6) is 0 Å². The minimum atomic E-state index is 0.221. The molecule has 1 heterocycles. The first kappa shape index (κ1) is 11.1. The number of rotatable bonds is 4. The van der Waals surface area contributed by atoms with Gasteiger partial charge in [0, 0.05) is 25.2 Å². The fourth-order valence-electron chi connectivity index (χ4n) is 2.07. The Hall–Kier alpha value is -1.37. The van der Waals surface area contributed by atoms with E-state index in [1.807, 2.05) is 18.2 Å². The summed E-state index contributed by atoms with van der Waals surface area (Å²) in [5.41, 5.74) is 1.23. The summed E-state index contributed by atoms with van der Waals surface area (Å²) in [7, 11) is 2.11. The molecule has 1 aromatic rings. The number of hydrogen-bond acceptors (Lipinski definition) is 3. The second kappa shape index (κ2) is 5.11. The van der Waals surface area contributed by atoms with Gasteiger partial charge in [-0.3, -0.25) is 4.90 Å². The van der Waals surface area contributed by atoms with Crippen LogP contribution in [0, 0.1) is 11.3 Å². The van der Waals surface area contributed by atoms with Crippen molar-refractivity contribution in [3.8, 4) is 6.07 Å². The molecular weight excluding hydrogens is 198 g/mol. The molecular formula is C13H17N3. The molecule has 1 aliphatic heterocycles. The molecule has 0 radical (unpaired) electrons. The molecule has 1 saturated heterocycles. The fraction of sp³-hybridized carbons (Fsp3) is 0.462. The van der Waals surface area contributed by atoms with Crippen LogP contribution in [0.3, 0.4) is 0 Å². The zero-order valence-corrected chi connectivity index (χ0v) is 9.56. The van der Waals surface area contributed by atoms with Crippen LogP contribution in [0.1, 0.15) is 18.0 Å². The lowest BCUT2D eigenvalue weighted by atomic mass is 9.99. The van der Waals surface area contributed by atoms with Gasteiger partial charge in [-0.2, -0.15) is 5.26 Å². The summed E-state index contributed by atoms with van der Waals surface area (Å²) in [6.45, 7) is 2.07. The molecule has 3 nitrogen and oxygen atoms in total. The number of nitrogens with one attached hydrogen (secondary N) is 1. The van der Waals surface area contributed by atoms with Gasteiger partial charge >= 0.3 is 0 Å². The van der Waals surface area contributed by atoms with Crippen LogP contribution in [0.2, 0.25) is 0 Å². The van der Waals surface area contributed by atoms with Crippen molar-refractivity contribution in [2.75, 3.05) is 20.1 Å². The third kappa shape index (κ3) is 2.24.